The number of anilines is 1. The summed E-state index contributed by atoms with van der Waals surface area (Å²) in [7, 11) is 1.57. The zero-order chi connectivity index (χ0) is 14.7. The molecule has 0 bridgehead atoms. The predicted molar refractivity (Wildman–Crippen MR) is 79.5 cm³/mol. The van der Waals surface area contributed by atoms with Gasteiger partial charge in [-0.05, 0) is 51.8 Å². The van der Waals surface area contributed by atoms with Gasteiger partial charge in [0.25, 0.3) is 0 Å². The Morgan fingerprint density at radius 1 is 1.30 bits per heavy atom. The van der Waals surface area contributed by atoms with E-state index in [1.165, 1.54) is 12.1 Å². The van der Waals surface area contributed by atoms with Crippen molar-refractivity contribution in [2.45, 2.75) is 6.42 Å². The highest BCUT2D eigenvalue weighted by Gasteiger charge is 2.11. The van der Waals surface area contributed by atoms with Crippen molar-refractivity contribution in [3.05, 3.63) is 57.8 Å². The van der Waals surface area contributed by atoms with Crippen molar-refractivity contribution >= 4 is 27.4 Å². The van der Waals surface area contributed by atoms with Gasteiger partial charge in [0.2, 0.25) is 0 Å². The molecule has 20 heavy (non-hydrogen) atoms. The summed E-state index contributed by atoms with van der Waals surface area (Å²) >= 11 is 3.36. The Labute approximate surface area is 124 Å². The highest BCUT2D eigenvalue weighted by Crippen LogP contribution is 2.26. The van der Waals surface area contributed by atoms with Gasteiger partial charge in [0.1, 0.15) is 11.6 Å². The standard InChI is InChI=1S/C15H13BrFNO2/c1-20-15-5-2-9(6-11(15)16)7-14(19)10-3-4-13(18)12(17)8-10/h2-6,8H,7,18H2,1H3. The molecular weight excluding hydrogens is 325 g/mol. The first kappa shape index (κ1) is 14.5. The first-order valence-electron chi connectivity index (χ1n) is 5.92. The average Bonchev–Trinajstić information content (AvgIpc) is 2.42. The van der Waals surface area contributed by atoms with Crippen molar-refractivity contribution in [2.75, 3.05) is 12.8 Å². The number of ether oxygens (including phenoxy) is 1. The van der Waals surface area contributed by atoms with Gasteiger partial charge in [-0.1, -0.05) is 6.07 Å². The number of ketones is 1. The zero-order valence-corrected chi connectivity index (χ0v) is 12.4. The third kappa shape index (κ3) is 3.17. The van der Waals surface area contributed by atoms with Crippen molar-refractivity contribution in [2.24, 2.45) is 0 Å². The summed E-state index contributed by atoms with van der Waals surface area (Å²) in [6.07, 6.45) is 0.186. The molecule has 0 spiro atoms. The molecule has 0 amide bonds. The lowest BCUT2D eigenvalue weighted by Gasteiger charge is -2.06. The second-order valence-corrected chi connectivity index (χ2v) is 5.16. The molecule has 2 N–H and O–H groups in total. The van der Waals surface area contributed by atoms with E-state index >= 15 is 0 Å². The second kappa shape index (κ2) is 6.05. The average molecular weight is 338 g/mol. The van der Waals surface area contributed by atoms with E-state index in [9.17, 15) is 9.18 Å². The van der Waals surface area contributed by atoms with Crippen LogP contribution in [-0.4, -0.2) is 12.9 Å². The molecule has 0 aliphatic rings. The summed E-state index contributed by atoms with van der Waals surface area (Å²) in [4.78, 5) is 12.1. The van der Waals surface area contributed by atoms with Gasteiger partial charge in [0, 0.05) is 12.0 Å². The first-order chi connectivity index (χ1) is 9.51. The minimum absolute atomic E-state index is 0.0359. The molecule has 0 unspecified atom stereocenters. The van der Waals surface area contributed by atoms with Gasteiger partial charge in [0.05, 0.1) is 17.3 Å². The Bertz CT molecular complexity index is 658. The topological polar surface area (TPSA) is 52.3 Å². The number of carbonyl (C=O) groups excluding carboxylic acids is 1. The van der Waals surface area contributed by atoms with Crippen LogP contribution in [0.25, 0.3) is 0 Å². The summed E-state index contributed by atoms with van der Waals surface area (Å²) in [6, 6.07) is 9.47. The molecule has 0 saturated carbocycles. The highest BCUT2D eigenvalue weighted by molar-refractivity contribution is 9.10. The lowest BCUT2D eigenvalue weighted by Crippen LogP contribution is -2.05. The third-order valence-electron chi connectivity index (χ3n) is 2.90. The summed E-state index contributed by atoms with van der Waals surface area (Å²) < 4.78 is 19.2. The Morgan fingerprint density at radius 2 is 2.05 bits per heavy atom. The zero-order valence-electron chi connectivity index (χ0n) is 10.8. The van der Waals surface area contributed by atoms with E-state index in [1.807, 2.05) is 6.07 Å². The summed E-state index contributed by atoms with van der Waals surface area (Å²) in [5, 5.41) is 0. The third-order valence-corrected chi connectivity index (χ3v) is 3.52. The van der Waals surface area contributed by atoms with Crippen molar-refractivity contribution in [1.29, 1.82) is 0 Å². The molecule has 2 rings (SSSR count). The molecule has 0 fully saturated rings. The fourth-order valence-electron chi connectivity index (χ4n) is 1.81. The second-order valence-electron chi connectivity index (χ2n) is 4.31. The number of rotatable bonds is 4. The molecule has 104 valence electrons. The van der Waals surface area contributed by atoms with E-state index < -0.39 is 5.82 Å². The molecule has 0 radical (unpaired) electrons. The number of hydrogen-bond donors (Lipinski definition) is 1. The van der Waals surface area contributed by atoms with Crippen LogP contribution in [0.3, 0.4) is 0 Å². The van der Waals surface area contributed by atoms with Gasteiger partial charge >= 0.3 is 0 Å². The van der Waals surface area contributed by atoms with Crippen LogP contribution in [-0.2, 0) is 6.42 Å². The van der Waals surface area contributed by atoms with E-state index in [2.05, 4.69) is 15.9 Å². The lowest BCUT2D eigenvalue weighted by atomic mass is 10.0. The molecule has 0 atom stereocenters. The molecule has 0 aliphatic heterocycles. The number of benzene rings is 2. The Morgan fingerprint density at radius 3 is 2.65 bits per heavy atom. The number of hydrogen-bond acceptors (Lipinski definition) is 3. The van der Waals surface area contributed by atoms with Crippen molar-refractivity contribution < 1.29 is 13.9 Å². The van der Waals surface area contributed by atoms with Crippen LogP contribution in [0.2, 0.25) is 0 Å². The van der Waals surface area contributed by atoms with Crippen molar-refractivity contribution in [3.8, 4) is 5.75 Å². The van der Waals surface area contributed by atoms with Gasteiger partial charge < -0.3 is 10.5 Å². The Kier molecular flexibility index (Phi) is 4.39. The molecule has 2 aromatic carbocycles. The van der Waals surface area contributed by atoms with Gasteiger partial charge in [0.15, 0.2) is 5.78 Å². The highest BCUT2D eigenvalue weighted by atomic mass is 79.9. The molecule has 0 heterocycles. The van der Waals surface area contributed by atoms with Crippen LogP contribution in [0.5, 0.6) is 5.75 Å². The number of nitrogens with two attached hydrogens (primary N) is 1. The quantitative estimate of drug-likeness (QED) is 0.685. The molecular formula is C15H13BrFNO2. The van der Waals surface area contributed by atoms with E-state index in [1.54, 1.807) is 19.2 Å². The van der Waals surface area contributed by atoms with Crippen LogP contribution in [0, 0.1) is 5.82 Å². The fraction of sp³-hybridized carbons (Fsp3) is 0.133. The number of carbonyl (C=O) groups is 1. The maximum absolute atomic E-state index is 13.3. The van der Waals surface area contributed by atoms with Gasteiger partial charge in [-0.15, -0.1) is 0 Å². The van der Waals surface area contributed by atoms with E-state index in [0.29, 0.717) is 11.3 Å². The maximum Gasteiger partial charge on any atom is 0.167 e. The molecule has 3 nitrogen and oxygen atoms in total. The Hall–Kier alpha value is -1.88. The molecule has 0 aliphatic carbocycles. The fourth-order valence-corrected chi connectivity index (χ4v) is 2.40. The van der Waals surface area contributed by atoms with Crippen LogP contribution < -0.4 is 10.5 Å². The van der Waals surface area contributed by atoms with Crippen LogP contribution in [0.15, 0.2) is 40.9 Å². The normalized spacial score (nSPS) is 10.3. The smallest absolute Gasteiger partial charge is 0.167 e. The number of methoxy groups -OCH3 is 1. The summed E-state index contributed by atoms with van der Waals surface area (Å²) in [5.74, 6) is -0.0487. The van der Waals surface area contributed by atoms with Crippen LogP contribution in [0.1, 0.15) is 15.9 Å². The van der Waals surface area contributed by atoms with Crippen molar-refractivity contribution in [3.63, 3.8) is 0 Å². The largest absolute Gasteiger partial charge is 0.496 e. The number of nitrogen functional groups attached to an aromatic ring is 1. The van der Waals surface area contributed by atoms with Gasteiger partial charge in [-0.25, -0.2) is 4.39 Å². The summed E-state index contributed by atoms with van der Waals surface area (Å²) in [6.45, 7) is 0. The van der Waals surface area contributed by atoms with Crippen LogP contribution in [0.4, 0.5) is 10.1 Å². The monoisotopic (exact) mass is 337 g/mol. The number of halogens is 2. The predicted octanol–water partition coefficient (Wildman–Crippen LogP) is 3.60. The number of Topliss-reactive ketones (excluding diaryl/α,β-unsaturated/α-hetero) is 1. The SMILES string of the molecule is COc1ccc(CC(=O)c2ccc(N)c(F)c2)cc1Br. The lowest BCUT2D eigenvalue weighted by molar-refractivity contribution is 0.0992. The van der Waals surface area contributed by atoms with Crippen LogP contribution >= 0.6 is 15.9 Å². The van der Waals surface area contributed by atoms with Gasteiger partial charge in [-0.2, -0.15) is 0 Å². The van der Waals surface area contributed by atoms with Gasteiger partial charge in [-0.3, -0.25) is 4.79 Å². The minimum Gasteiger partial charge on any atom is -0.496 e. The maximum atomic E-state index is 13.3. The van der Waals surface area contributed by atoms with Crippen molar-refractivity contribution in [1.82, 2.24) is 0 Å². The minimum atomic E-state index is -0.577. The molecule has 0 aromatic heterocycles. The van der Waals surface area contributed by atoms with E-state index in [0.717, 1.165) is 16.1 Å². The van der Waals surface area contributed by atoms with E-state index in [-0.39, 0.29) is 17.9 Å². The first-order valence-corrected chi connectivity index (χ1v) is 6.71. The molecule has 0 saturated heterocycles. The Balaban J connectivity index is 2.19. The molecule has 5 heteroatoms. The van der Waals surface area contributed by atoms with E-state index in [4.69, 9.17) is 10.5 Å². The summed E-state index contributed by atoms with van der Waals surface area (Å²) in [5.41, 5.74) is 6.55. The molecule has 2 aromatic rings.